The number of rotatable bonds is 6. The largest absolute Gasteiger partial charge is 0.481 e. The number of carboxylic acids is 1. The lowest BCUT2D eigenvalue weighted by atomic mass is 10.0. The van der Waals surface area contributed by atoms with Gasteiger partial charge in [0.1, 0.15) is 0 Å². The van der Waals surface area contributed by atoms with Crippen molar-refractivity contribution in [2.24, 2.45) is 11.8 Å². The van der Waals surface area contributed by atoms with Gasteiger partial charge < -0.3 is 9.84 Å². The van der Waals surface area contributed by atoms with Crippen molar-refractivity contribution in [1.82, 2.24) is 4.98 Å². The smallest absolute Gasteiger partial charge is 0.306 e. The van der Waals surface area contributed by atoms with Crippen molar-refractivity contribution in [3.63, 3.8) is 0 Å². The van der Waals surface area contributed by atoms with Gasteiger partial charge in [0.25, 0.3) is 0 Å². The van der Waals surface area contributed by atoms with Crippen LogP contribution in [0.15, 0.2) is 36.5 Å². The van der Waals surface area contributed by atoms with Crippen LogP contribution in [0.25, 0.3) is 11.1 Å². The second kappa shape index (κ2) is 6.59. The third-order valence-electron chi connectivity index (χ3n) is 4.32. The zero-order valence-electron chi connectivity index (χ0n) is 12.8. The van der Waals surface area contributed by atoms with Gasteiger partial charge in [0.05, 0.1) is 18.1 Å². The lowest BCUT2D eigenvalue weighted by molar-refractivity contribution is -0.138. The van der Waals surface area contributed by atoms with Crippen molar-refractivity contribution in [2.75, 3.05) is 7.11 Å². The minimum absolute atomic E-state index is 0.129. The fourth-order valence-corrected chi connectivity index (χ4v) is 3.03. The van der Waals surface area contributed by atoms with E-state index in [1.54, 1.807) is 13.3 Å². The van der Waals surface area contributed by atoms with Crippen molar-refractivity contribution in [3.8, 4) is 17.0 Å². The fraction of sp³-hybridized carbons (Fsp3) is 0.333. The van der Waals surface area contributed by atoms with Crippen LogP contribution in [0.1, 0.15) is 18.4 Å². The Morgan fingerprint density at radius 2 is 2.13 bits per heavy atom. The Balaban J connectivity index is 1.68. The van der Waals surface area contributed by atoms with Crippen LogP contribution in [0.3, 0.4) is 0 Å². The molecule has 3 rings (SSSR count). The predicted octanol–water partition coefficient (Wildman–Crippen LogP) is 4.06. The van der Waals surface area contributed by atoms with Gasteiger partial charge in [-0.25, -0.2) is 4.98 Å². The summed E-state index contributed by atoms with van der Waals surface area (Å²) < 4.78 is 5.28. The van der Waals surface area contributed by atoms with E-state index in [1.165, 1.54) is 5.56 Å². The number of halogens is 1. The van der Waals surface area contributed by atoms with Crippen LogP contribution in [-0.2, 0) is 11.2 Å². The Labute approximate surface area is 140 Å². The molecule has 0 radical (unpaired) electrons. The number of nitrogens with zero attached hydrogens (tertiary/aromatic N) is 1. The molecule has 1 aliphatic rings. The monoisotopic (exact) mass is 331 g/mol. The van der Waals surface area contributed by atoms with E-state index in [1.807, 2.05) is 18.2 Å². The van der Waals surface area contributed by atoms with E-state index in [0.717, 1.165) is 30.4 Å². The third kappa shape index (κ3) is 3.64. The zero-order valence-corrected chi connectivity index (χ0v) is 13.6. The zero-order chi connectivity index (χ0) is 16.4. The fourth-order valence-electron chi connectivity index (χ4n) is 2.87. The summed E-state index contributed by atoms with van der Waals surface area (Å²) in [6, 6.07) is 10.0. The molecule has 1 aromatic heterocycles. The number of carboxylic acid groups (broad SMARTS) is 1. The van der Waals surface area contributed by atoms with Gasteiger partial charge in [-0.2, -0.15) is 0 Å². The molecule has 0 aliphatic heterocycles. The van der Waals surface area contributed by atoms with E-state index in [9.17, 15) is 4.79 Å². The quantitative estimate of drug-likeness (QED) is 0.867. The lowest BCUT2D eigenvalue weighted by Gasteiger charge is -2.09. The number of hydrogen-bond donors (Lipinski definition) is 1. The number of ether oxygens (including phenoxy) is 1. The first-order valence-electron chi connectivity index (χ1n) is 7.60. The number of aromatic nitrogens is 1. The highest BCUT2D eigenvalue weighted by Crippen LogP contribution is 2.42. The summed E-state index contributed by atoms with van der Waals surface area (Å²) in [5.74, 6) is 0.0933. The second-order valence-electron chi connectivity index (χ2n) is 5.89. The van der Waals surface area contributed by atoms with Gasteiger partial charge in [0, 0.05) is 11.8 Å². The summed E-state index contributed by atoms with van der Waals surface area (Å²) in [6.45, 7) is 0. The summed E-state index contributed by atoms with van der Waals surface area (Å²) in [4.78, 5) is 15.0. The van der Waals surface area contributed by atoms with Gasteiger partial charge in [0.15, 0.2) is 0 Å². The third-order valence-corrected chi connectivity index (χ3v) is 4.53. The summed E-state index contributed by atoms with van der Waals surface area (Å²) in [6.07, 6.45) is 4.21. The topological polar surface area (TPSA) is 59.4 Å². The van der Waals surface area contributed by atoms with E-state index in [-0.39, 0.29) is 5.92 Å². The Hall–Kier alpha value is -2.07. The molecule has 0 bridgehead atoms. The van der Waals surface area contributed by atoms with Crippen molar-refractivity contribution < 1.29 is 14.6 Å². The Kier molecular flexibility index (Phi) is 4.53. The highest BCUT2D eigenvalue weighted by atomic mass is 35.5. The van der Waals surface area contributed by atoms with E-state index < -0.39 is 5.97 Å². The minimum atomic E-state index is -0.661. The van der Waals surface area contributed by atoms with Crippen LogP contribution in [0.4, 0.5) is 0 Å². The molecule has 2 unspecified atom stereocenters. The van der Waals surface area contributed by atoms with Gasteiger partial charge in [-0.15, -0.1) is 0 Å². The van der Waals surface area contributed by atoms with Crippen LogP contribution >= 0.6 is 11.6 Å². The molecule has 0 spiro atoms. The Bertz CT molecular complexity index is 715. The molecule has 1 saturated carbocycles. The van der Waals surface area contributed by atoms with Crippen LogP contribution in [-0.4, -0.2) is 23.2 Å². The molecule has 23 heavy (non-hydrogen) atoms. The average molecular weight is 332 g/mol. The maximum atomic E-state index is 10.8. The molecule has 4 nitrogen and oxygen atoms in total. The molecule has 1 aromatic carbocycles. The number of hydrogen-bond acceptors (Lipinski definition) is 3. The summed E-state index contributed by atoms with van der Waals surface area (Å²) in [5, 5.41) is 9.49. The first-order chi connectivity index (χ1) is 11.1. The van der Waals surface area contributed by atoms with Crippen LogP contribution < -0.4 is 4.74 Å². The van der Waals surface area contributed by atoms with Gasteiger partial charge in [0.2, 0.25) is 5.88 Å². The number of aliphatic carboxylic acids is 1. The average Bonchev–Trinajstić information content (AvgIpc) is 3.33. The SMILES string of the molecule is COc1ncc(Cl)cc1-c1ccc(CCC2CC2C(=O)O)cc1. The van der Waals surface area contributed by atoms with Crippen molar-refractivity contribution in [3.05, 3.63) is 47.1 Å². The first kappa shape index (κ1) is 15.8. The van der Waals surface area contributed by atoms with E-state index in [0.29, 0.717) is 16.8 Å². The van der Waals surface area contributed by atoms with Crippen molar-refractivity contribution in [1.29, 1.82) is 0 Å². The second-order valence-corrected chi connectivity index (χ2v) is 6.32. The molecule has 2 aromatic rings. The highest BCUT2D eigenvalue weighted by Gasteiger charge is 2.42. The molecule has 1 aliphatic carbocycles. The number of benzene rings is 1. The van der Waals surface area contributed by atoms with E-state index in [4.69, 9.17) is 21.4 Å². The van der Waals surface area contributed by atoms with Gasteiger partial charge in [-0.1, -0.05) is 35.9 Å². The Morgan fingerprint density at radius 3 is 2.74 bits per heavy atom. The van der Waals surface area contributed by atoms with Gasteiger partial charge >= 0.3 is 5.97 Å². The van der Waals surface area contributed by atoms with Crippen molar-refractivity contribution in [2.45, 2.75) is 19.3 Å². The van der Waals surface area contributed by atoms with Crippen molar-refractivity contribution >= 4 is 17.6 Å². The Morgan fingerprint density at radius 1 is 1.39 bits per heavy atom. The normalized spacial score (nSPS) is 19.4. The molecular formula is C18H18ClNO3. The highest BCUT2D eigenvalue weighted by molar-refractivity contribution is 6.30. The van der Waals surface area contributed by atoms with Gasteiger partial charge in [-0.3, -0.25) is 4.79 Å². The number of methoxy groups -OCH3 is 1. The lowest BCUT2D eigenvalue weighted by Crippen LogP contribution is -2.00. The number of aryl methyl sites for hydroxylation is 1. The summed E-state index contributed by atoms with van der Waals surface area (Å²) >= 11 is 6.02. The molecule has 0 saturated heterocycles. The van der Waals surface area contributed by atoms with Crippen LogP contribution in [0.5, 0.6) is 5.88 Å². The molecular weight excluding hydrogens is 314 g/mol. The molecule has 1 N–H and O–H groups in total. The van der Waals surface area contributed by atoms with E-state index >= 15 is 0 Å². The standard InChI is InChI=1S/C18H18ClNO3/c1-23-17-15(9-14(19)10-20-17)12-5-2-11(3-6-12)4-7-13-8-16(13)18(21)22/h2-3,5-6,9-10,13,16H,4,7-8H2,1H3,(H,21,22). The maximum absolute atomic E-state index is 10.8. The number of pyridine rings is 1. The minimum Gasteiger partial charge on any atom is -0.481 e. The molecule has 1 heterocycles. The molecule has 2 atom stereocenters. The first-order valence-corrected chi connectivity index (χ1v) is 7.98. The van der Waals surface area contributed by atoms with E-state index in [2.05, 4.69) is 17.1 Å². The molecule has 5 heteroatoms. The predicted molar refractivity (Wildman–Crippen MR) is 88.8 cm³/mol. The summed E-state index contributed by atoms with van der Waals surface area (Å²) in [5.41, 5.74) is 3.06. The molecule has 1 fully saturated rings. The van der Waals surface area contributed by atoms with Crippen LogP contribution in [0.2, 0.25) is 5.02 Å². The maximum Gasteiger partial charge on any atom is 0.306 e. The van der Waals surface area contributed by atoms with Crippen LogP contribution in [0, 0.1) is 11.8 Å². The summed E-state index contributed by atoms with van der Waals surface area (Å²) in [7, 11) is 1.59. The van der Waals surface area contributed by atoms with Gasteiger partial charge in [-0.05, 0) is 42.4 Å². The number of carbonyl (C=O) groups is 1. The molecule has 120 valence electrons. The molecule has 0 amide bonds.